The number of methoxy groups -OCH3 is 1. The molecule has 0 aliphatic rings. The van der Waals surface area contributed by atoms with Gasteiger partial charge in [-0.1, -0.05) is 30.3 Å². The van der Waals surface area contributed by atoms with E-state index in [1.54, 1.807) is 37.6 Å². The molecular formula is C23H19NO5. The highest BCUT2D eigenvalue weighted by atomic mass is 16.5. The fourth-order valence-electron chi connectivity index (χ4n) is 3.23. The highest BCUT2D eigenvalue weighted by Crippen LogP contribution is 2.30. The number of amides is 1. The van der Waals surface area contributed by atoms with Gasteiger partial charge < -0.3 is 19.2 Å². The number of rotatable bonds is 6. The van der Waals surface area contributed by atoms with Gasteiger partial charge in [-0.2, -0.15) is 0 Å². The van der Waals surface area contributed by atoms with E-state index in [1.807, 2.05) is 36.4 Å². The second-order valence-corrected chi connectivity index (χ2v) is 6.53. The van der Waals surface area contributed by atoms with E-state index in [9.17, 15) is 9.59 Å². The van der Waals surface area contributed by atoms with Crippen LogP contribution in [-0.2, 0) is 20.7 Å². The Morgan fingerprint density at radius 3 is 2.59 bits per heavy atom. The quantitative estimate of drug-likeness (QED) is 0.497. The number of carbonyl (C=O) groups is 2. The van der Waals surface area contributed by atoms with Crippen LogP contribution in [0.2, 0.25) is 0 Å². The van der Waals surface area contributed by atoms with Gasteiger partial charge in [0.15, 0.2) is 6.61 Å². The van der Waals surface area contributed by atoms with Gasteiger partial charge in [0.25, 0.3) is 5.91 Å². The third-order valence-corrected chi connectivity index (χ3v) is 4.61. The summed E-state index contributed by atoms with van der Waals surface area (Å²) in [4.78, 5) is 24.3. The minimum absolute atomic E-state index is 0.0246. The normalized spacial score (nSPS) is 10.8. The Kier molecular flexibility index (Phi) is 5.16. The molecule has 146 valence electrons. The van der Waals surface area contributed by atoms with E-state index < -0.39 is 11.9 Å². The molecule has 0 fully saturated rings. The topological polar surface area (TPSA) is 77.8 Å². The lowest BCUT2D eigenvalue weighted by atomic mass is 10.0. The summed E-state index contributed by atoms with van der Waals surface area (Å²) < 4.78 is 15.8. The molecule has 1 amide bonds. The van der Waals surface area contributed by atoms with Crippen molar-refractivity contribution in [1.82, 2.24) is 0 Å². The molecule has 0 radical (unpaired) electrons. The third-order valence-electron chi connectivity index (χ3n) is 4.61. The van der Waals surface area contributed by atoms with E-state index in [-0.39, 0.29) is 13.0 Å². The van der Waals surface area contributed by atoms with Crippen LogP contribution in [0.1, 0.15) is 5.56 Å². The maximum Gasteiger partial charge on any atom is 0.310 e. The number of esters is 1. The summed E-state index contributed by atoms with van der Waals surface area (Å²) in [5.41, 5.74) is 2.04. The van der Waals surface area contributed by atoms with Crippen LogP contribution < -0.4 is 10.1 Å². The number of furan rings is 1. The molecule has 6 heteroatoms. The Morgan fingerprint density at radius 2 is 1.79 bits per heavy atom. The number of hydrogen-bond donors (Lipinski definition) is 1. The Bertz CT molecular complexity index is 1180. The summed E-state index contributed by atoms with van der Waals surface area (Å²) in [6, 6.07) is 18.7. The minimum Gasteiger partial charge on any atom is -0.497 e. The summed E-state index contributed by atoms with van der Waals surface area (Å²) in [6.07, 6.45) is 1.59. The summed E-state index contributed by atoms with van der Waals surface area (Å²) in [7, 11) is 1.57. The van der Waals surface area contributed by atoms with E-state index >= 15 is 0 Å². The van der Waals surface area contributed by atoms with Gasteiger partial charge in [-0.3, -0.25) is 9.59 Å². The molecule has 4 rings (SSSR count). The SMILES string of the molecule is COc1ccc(NC(=O)COC(=O)Cc2coc3ccc4ccccc4c23)cc1. The highest BCUT2D eigenvalue weighted by molar-refractivity contribution is 6.08. The zero-order valence-electron chi connectivity index (χ0n) is 15.8. The molecular weight excluding hydrogens is 370 g/mol. The average Bonchev–Trinajstić information content (AvgIpc) is 3.16. The Balaban J connectivity index is 1.39. The molecule has 1 aromatic heterocycles. The fraction of sp³-hybridized carbons (Fsp3) is 0.130. The van der Waals surface area contributed by atoms with E-state index in [0.29, 0.717) is 17.0 Å². The van der Waals surface area contributed by atoms with Gasteiger partial charge in [0.1, 0.15) is 11.3 Å². The lowest BCUT2D eigenvalue weighted by Crippen LogP contribution is -2.21. The van der Waals surface area contributed by atoms with Crippen LogP contribution in [0, 0.1) is 0 Å². The van der Waals surface area contributed by atoms with Crippen molar-refractivity contribution >= 4 is 39.3 Å². The first-order valence-corrected chi connectivity index (χ1v) is 9.11. The zero-order valence-corrected chi connectivity index (χ0v) is 15.8. The van der Waals surface area contributed by atoms with Crippen LogP contribution in [0.4, 0.5) is 5.69 Å². The molecule has 3 aromatic carbocycles. The number of ether oxygens (including phenoxy) is 2. The summed E-state index contributed by atoms with van der Waals surface area (Å²) >= 11 is 0. The third kappa shape index (κ3) is 4.06. The number of nitrogens with one attached hydrogen (secondary N) is 1. The van der Waals surface area contributed by atoms with E-state index in [2.05, 4.69) is 5.32 Å². The maximum absolute atomic E-state index is 12.3. The number of anilines is 1. The molecule has 0 spiro atoms. The molecule has 0 unspecified atom stereocenters. The number of carbonyl (C=O) groups excluding carboxylic acids is 2. The number of hydrogen-bond acceptors (Lipinski definition) is 5. The predicted molar refractivity (Wildman–Crippen MR) is 110 cm³/mol. The van der Waals surface area contributed by atoms with E-state index in [0.717, 1.165) is 21.7 Å². The second kappa shape index (κ2) is 8.06. The molecule has 1 N–H and O–H groups in total. The van der Waals surface area contributed by atoms with Crippen molar-refractivity contribution in [2.75, 3.05) is 19.0 Å². The molecule has 0 saturated carbocycles. The Hall–Kier alpha value is -3.80. The van der Waals surface area contributed by atoms with Crippen LogP contribution >= 0.6 is 0 Å². The fourth-order valence-corrected chi connectivity index (χ4v) is 3.23. The van der Waals surface area contributed by atoms with Crippen LogP contribution in [0.15, 0.2) is 71.3 Å². The maximum atomic E-state index is 12.3. The Labute approximate surface area is 167 Å². The minimum atomic E-state index is -0.495. The molecule has 6 nitrogen and oxygen atoms in total. The standard InChI is InChI=1S/C23H19NO5/c1-27-18-9-7-17(8-10-18)24-21(25)14-29-22(26)12-16-13-28-20-11-6-15-4-2-3-5-19(15)23(16)20/h2-11,13H,12,14H2,1H3,(H,24,25). The van der Waals surface area contributed by atoms with Crippen molar-refractivity contribution in [2.45, 2.75) is 6.42 Å². The zero-order chi connectivity index (χ0) is 20.2. The summed E-state index contributed by atoms with van der Waals surface area (Å²) in [5, 5.41) is 5.64. The molecule has 29 heavy (non-hydrogen) atoms. The monoisotopic (exact) mass is 389 g/mol. The summed E-state index contributed by atoms with van der Waals surface area (Å²) in [5.74, 6) is -0.217. The lowest BCUT2D eigenvalue weighted by molar-refractivity contribution is -0.146. The van der Waals surface area contributed by atoms with Crippen molar-refractivity contribution in [3.05, 3.63) is 72.5 Å². The van der Waals surface area contributed by atoms with Crippen LogP contribution in [0.5, 0.6) is 5.75 Å². The first-order valence-electron chi connectivity index (χ1n) is 9.11. The molecule has 0 atom stereocenters. The van der Waals surface area contributed by atoms with E-state index in [4.69, 9.17) is 13.9 Å². The van der Waals surface area contributed by atoms with Crippen LogP contribution in [-0.4, -0.2) is 25.6 Å². The second-order valence-electron chi connectivity index (χ2n) is 6.53. The summed E-state index contributed by atoms with van der Waals surface area (Å²) in [6.45, 7) is -0.360. The van der Waals surface area contributed by atoms with Crippen molar-refractivity contribution in [2.24, 2.45) is 0 Å². The van der Waals surface area contributed by atoms with Crippen LogP contribution in [0.25, 0.3) is 21.7 Å². The van der Waals surface area contributed by atoms with E-state index in [1.165, 1.54) is 0 Å². The molecule has 4 aromatic rings. The van der Waals surface area contributed by atoms with Crippen molar-refractivity contribution < 1.29 is 23.5 Å². The largest absolute Gasteiger partial charge is 0.497 e. The van der Waals surface area contributed by atoms with Crippen LogP contribution in [0.3, 0.4) is 0 Å². The predicted octanol–water partition coefficient (Wildman–Crippen LogP) is 4.32. The number of benzene rings is 3. The van der Waals surface area contributed by atoms with Crippen molar-refractivity contribution in [3.63, 3.8) is 0 Å². The van der Waals surface area contributed by atoms with Gasteiger partial charge in [0, 0.05) is 16.6 Å². The number of fused-ring (bicyclic) bond motifs is 3. The highest BCUT2D eigenvalue weighted by Gasteiger charge is 2.15. The van der Waals surface area contributed by atoms with Gasteiger partial charge in [0.2, 0.25) is 0 Å². The van der Waals surface area contributed by atoms with Gasteiger partial charge in [-0.25, -0.2) is 0 Å². The van der Waals surface area contributed by atoms with Gasteiger partial charge >= 0.3 is 5.97 Å². The molecule has 0 saturated heterocycles. The molecule has 1 heterocycles. The average molecular weight is 389 g/mol. The Morgan fingerprint density at radius 1 is 1.00 bits per heavy atom. The molecule has 0 aliphatic heterocycles. The van der Waals surface area contributed by atoms with Crippen molar-refractivity contribution in [3.8, 4) is 5.75 Å². The van der Waals surface area contributed by atoms with Gasteiger partial charge in [-0.05, 0) is 41.1 Å². The first-order chi connectivity index (χ1) is 14.1. The molecule has 0 aliphatic carbocycles. The molecule has 0 bridgehead atoms. The van der Waals surface area contributed by atoms with Gasteiger partial charge in [0.05, 0.1) is 19.8 Å². The van der Waals surface area contributed by atoms with Gasteiger partial charge in [-0.15, -0.1) is 0 Å². The van der Waals surface area contributed by atoms with Crippen molar-refractivity contribution in [1.29, 1.82) is 0 Å². The first kappa shape index (κ1) is 18.6. The lowest BCUT2D eigenvalue weighted by Gasteiger charge is -2.07. The smallest absolute Gasteiger partial charge is 0.310 e.